The molecule has 0 radical (unpaired) electrons. The number of benzene rings is 1. The molecule has 2 rings (SSSR count). The van der Waals surface area contributed by atoms with E-state index in [-0.39, 0.29) is 0 Å². The SMILES string of the molecule is Cc1ccc(CC2(O)CCC(C)CC2C)cc1C. The molecule has 1 aromatic carbocycles. The summed E-state index contributed by atoms with van der Waals surface area (Å²) in [4.78, 5) is 0. The summed E-state index contributed by atoms with van der Waals surface area (Å²) < 4.78 is 0. The van der Waals surface area contributed by atoms with E-state index in [2.05, 4.69) is 45.9 Å². The van der Waals surface area contributed by atoms with Gasteiger partial charge in [0.1, 0.15) is 0 Å². The molecule has 100 valence electrons. The van der Waals surface area contributed by atoms with Crippen molar-refractivity contribution < 1.29 is 5.11 Å². The number of aliphatic hydroxyl groups is 1. The van der Waals surface area contributed by atoms with E-state index in [1.54, 1.807) is 0 Å². The van der Waals surface area contributed by atoms with E-state index in [1.165, 1.54) is 16.7 Å². The molecule has 1 aliphatic carbocycles. The Kier molecular flexibility index (Phi) is 3.82. The van der Waals surface area contributed by atoms with Gasteiger partial charge in [-0.1, -0.05) is 32.0 Å². The number of hydrogen-bond donors (Lipinski definition) is 1. The van der Waals surface area contributed by atoms with Crippen molar-refractivity contribution in [2.24, 2.45) is 11.8 Å². The lowest BCUT2D eigenvalue weighted by molar-refractivity contribution is -0.0522. The van der Waals surface area contributed by atoms with Crippen molar-refractivity contribution in [3.05, 3.63) is 34.9 Å². The topological polar surface area (TPSA) is 20.2 Å². The summed E-state index contributed by atoms with van der Waals surface area (Å²) in [6, 6.07) is 6.58. The molecule has 0 heterocycles. The van der Waals surface area contributed by atoms with Crippen LogP contribution in [0, 0.1) is 25.7 Å². The number of rotatable bonds is 2. The molecule has 0 spiro atoms. The molecular formula is C17H26O. The van der Waals surface area contributed by atoms with Gasteiger partial charge in [-0.2, -0.15) is 0 Å². The molecular weight excluding hydrogens is 220 g/mol. The van der Waals surface area contributed by atoms with Gasteiger partial charge in [-0.05, 0) is 61.6 Å². The smallest absolute Gasteiger partial charge is 0.0713 e. The van der Waals surface area contributed by atoms with Crippen LogP contribution in [0.1, 0.15) is 49.8 Å². The van der Waals surface area contributed by atoms with E-state index >= 15 is 0 Å². The Hall–Kier alpha value is -0.820. The molecule has 0 bridgehead atoms. The van der Waals surface area contributed by atoms with Crippen molar-refractivity contribution in [2.45, 2.75) is 59.0 Å². The van der Waals surface area contributed by atoms with Crippen LogP contribution in [0.3, 0.4) is 0 Å². The molecule has 1 aliphatic rings. The molecule has 1 nitrogen and oxygen atoms in total. The van der Waals surface area contributed by atoms with E-state index in [4.69, 9.17) is 0 Å². The van der Waals surface area contributed by atoms with Crippen molar-refractivity contribution in [1.29, 1.82) is 0 Å². The van der Waals surface area contributed by atoms with Gasteiger partial charge in [0, 0.05) is 6.42 Å². The first-order valence-electron chi connectivity index (χ1n) is 7.19. The molecule has 1 saturated carbocycles. The Labute approximate surface area is 111 Å². The van der Waals surface area contributed by atoms with Gasteiger partial charge < -0.3 is 5.11 Å². The quantitative estimate of drug-likeness (QED) is 0.835. The molecule has 3 unspecified atom stereocenters. The highest BCUT2D eigenvalue weighted by Gasteiger charge is 2.38. The summed E-state index contributed by atoms with van der Waals surface area (Å²) >= 11 is 0. The summed E-state index contributed by atoms with van der Waals surface area (Å²) in [6.45, 7) is 8.79. The maximum atomic E-state index is 10.9. The van der Waals surface area contributed by atoms with Gasteiger partial charge in [-0.25, -0.2) is 0 Å². The van der Waals surface area contributed by atoms with E-state index < -0.39 is 5.60 Å². The molecule has 0 saturated heterocycles. The molecule has 0 aliphatic heterocycles. The lowest BCUT2D eigenvalue weighted by Gasteiger charge is -2.41. The van der Waals surface area contributed by atoms with Crippen LogP contribution in [0.5, 0.6) is 0 Å². The molecule has 1 aromatic rings. The van der Waals surface area contributed by atoms with Crippen molar-refractivity contribution in [1.82, 2.24) is 0 Å². The third-order valence-electron chi connectivity index (χ3n) is 4.82. The number of aryl methyl sites for hydroxylation is 2. The van der Waals surface area contributed by atoms with Gasteiger partial charge in [-0.3, -0.25) is 0 Å². The predicted molar refractivity (Wildman–Crippen MR) is 76.7 cm³/mol. The van der Waals surface area contributed by atoms with Gasteiger partial charge in [0.15, 0.2) is 0 Å². The van der Waals surface area contributed by atoms with Crippen LogP contribution < -0.4 is 0 Å². The zero-order valence-corrected chi connectivity index (χ0v) is 12.2. The molecule has 18 heavy (non-hydrogen) atoms. The van der Waals surface area contributed by atoms with Crippen LogP contribution in [0.15, 0.2) is 18.2 Å². The molecule has 1 fully saturated rings. The number of hydrogen-bond acceptors (Lipinski definition) is 1. The Balaban J connectivity index is 2.14. The highest BCUT2D eigenvalue weighted by Crippen LogP contribution is 2.38. The fourth-order valence-electron chi connectivity index (χ4n) is 3.21. The highest BCUT2D eigenvalue weighted by atomic mass is 16.3. The van der Waals surface area contributed by atoms with Gasteiger partial charge in [0.2, 0.25) is 0 Å². The first-order valence-corrected chi connectivity index (χ1v) is 7.19. The summed E-state index contributed by atoms with van der Waals surface area (Å²) in [5.41, 5.74) is 3.44. The van der Waals surface area contributed by atoms with E-state index in [0.717, 1.165) is 31.6 Å². The van der Waals surface area contributed by atoms with Crippen LogP contribution in [0.4, 0.5) is 0 Å². The second-order valence-corrected chi connectivity index (χ2v) is 6.48. The van der Waals surface area contributed by atoms with Gasteiger partial charge >= 0.3 is 0 Å². The van der Waals surface area contributed by atoms with Crippen molar-refractivity contribution >= 4 is 0 Å². The third-order valence-corrected chi connectivity index (χ3v) is 4.82. The maximum absolute atomic E-state index is 10.9. The normalized spacial score (nSPS) is 32.5. The lowest BCUT2D eigenvalue weighted by Crippen LogP contribution is -2.43. The van der Waals surface area contributed by atoms with Crippen molar-refractivity contribution in [3.8, 4) is 0 Å². The average Bonchev–Trinajstić information content (AvgIpc) is 2.30. The van der Waals surface area contributed by atoms with Crippen LogP contribution >= 0.6 is 0 Å². The van der Waals surface area contributed by atoms with Crippen molar-refractivity contribution in [2.75, 3.05) is 0 Å². The molecule has 3 atom stereocenters. The largest absolute Gasteiger partial charge is 0.389 e. The van der Waals surface area contributed by atoms with Gasteiger partial charge in [-0.15, -0.1) is 0 Å². The minimum absolute atomic E-state index is 0.405. The fraction of sp³-hybridized carbons (Fsp3) is 0.647. The second kappa shape index (κ2) is 5.05. The predicted octanol–water partition coefficient (Wildman–Crippen LogP) is 4.03. The molecule has 1 N–H and O–H groups in total. The first kappa shape index (κ1) is 13.6. The zero-order chi connectivity index (χ0) is 13.3. The Bertz CT molecular complexity index is 424. The Morgan fingerprint density at radius 3 is 2.56 bits per heavy atom. The van der Waals surface area contributed by atoms with E-state index in [1.807, 2.05) is 0 Å². The third kappa shape index (κ3) is 2.77. The first-order chi connectivity index (χ1) is 8.40. The summed E-state index contributed by atoms with van der Waals surface area (Å²) in [5.74, 6) is 1.17. The minimum Gasteiger partial charge on any atom is -0.389 e. The summed E-state index contributed by atoms with van der Waals surface area (Å²) in [7, 11) is 0. The highest BCUT2D eigenvalue weighted by molar-refractivity contribution is 5.31. The summed E-state index contributed by atoms with van der Waals surface area (Å²) in [5, 5.41) is 10.9. The molecule has 0 aromatic heterocycles. The van der Waals surface area contributed by atoms with Crippen LogP contribution in [0.25, 0.3) is 0 Å². The Morgan fingerprint density at radius 2 is 1.94 bits per heavy atom. The van der Waals surface area contributed by atoms with Crippen molar-refractivity contribution in [3.63, 3.8) is 0 Å². The second-order valence-electron chi connectivity index (χ2n) is 6.48. The van der Waals surface area contributed by atoms with Gasteiger partial charge in [0.05, 0.1) is 5.60 Å². The van der Waals surface area contributed by atoms with Gasteiger partial charge in [0.25, 0.3) is 0 Å². The molecule has 0 amide bonds. The van der Waals surface area contributed by atoms with Crippen LogP contribution in [-0.2, 0) is 6.42 Å². The average molecular weight is 246 g/mol. The monoisotopic (exact) mass is 246 g/mol. The van der Waals surface area contributed by atoms with E-state index in [9.17, 15) is 5.11 Å². The molecule has 1 heteroatoms. The fourth-order valence-corrected chi connectivity index (χ4v) is 3.21. The Morgan fingerprint density at radius 1 is 1.22 bits per heavy atom. The van der Waals surface area contributed by atoms with Crippen LogP contribution in [-0.4, -0.2) is 10.7 Å². The summed E-state index contributed by atoms with van der Waals surface area (Å²) in [6.07, 6.45) is 4.07. The zero-order valence-electron chi connectivity index (χ0n) is 12.2. The standard InChI is InChI=1S/C17H26O/c1-12-7-8-17(18,15(4)9-12)11-16-6-5-13(2)14(3)10-16/h5-6,10,12,15,18H,7-9,11H2,1-4H3. The maximum Gasteiger partial charge on any atom is 0.0713 e. The van der Waals surface area contributed by atoms with Crippen LogP contribution in [0.2, 0.25) is 0 Å². The minimum atomic E-state index is -0.492. The lowest BCUT2D eigenvalue weighted by atomic mass is 9.70. The van der Waals surface area contributed by atoms with E-state index in [0.29, 0.717) is 5.92 Å².